The lowest BCUT2D eigenvalue weighted by Crippen LogP contribution is -2.32. The van der Waals surface area contributed by atoms with Gasteiger partial charge in [0.05, 0.1) is 4.24 Å². The van der Waals surface area contributed by atoms with E-state index in [1.54, 1.807) is 0 Å². The Kier molecular flexibility index (Phi) is 2.85. The highest BCUT2D eigenvalue weighted by Crippen LogP contribution is 2.21. The molecule has 1 saturated heterocycles. The molecule has 1 aliphatic rings. The number of alkyl halides is 1. The summed E-state index contributed by atoms with van der Waals surface area (Å²) in [5, 5.41) is 1.02. The summed E-state index contributed by atoms with van der Waals surface area (Å²) in [5.74, 6) is 0.162. The average molecular weight is 181 g/mol. The van der Waals surface area contributed by atoms with Crippen LogP contribution in [-0.2, 0) is 4.79 Å². The molecule has 1 atom stereocenters. The summed E-state index contributed by atoms with van der Waals surface area (Å²) < 4.78 is -0.291. The monoisotopic (exact) mass is 180 g/mol. The molecule has 0 bridgehead atoms. The van der Waals surface area contributed by atoms with Gasteiger partial charge in [-0.2, -0.15) is 0 Å². The summed E-state index contributed by atoms with van der Waals surface area (Å²) >= 11 is 4.34. The Hall–Kier alpha value is 0.782. The van der Waals surface area contributed by atoms with Crippen molar-refractivity contribution in [1.29, 1.82) is 0 Å². The van der Waals surface area contributed by atoms with E-state index in [9.17, 15) is 4.79 Å². The second-order valence-corrected chi connectivity index (χ2v) is 7.13. The van der Waals surface area contributed by atoms with E-state index < -0.39 is 13.2 Å². The normalized spacial score (nSPS) is 28.9. The molecular weight excluding hydrogens is 174 g/mol. The lowest BCUT2D eigenvalue weighted by Gasteiger charge is -2.15. The van der Waals surface area contributed by atoms with E-state index in [0.29, 0.717) is 6.42 Å². The number of ketones is 1. The minimum atomic E-state index is -1.36. The van der Waals surface area contributed by atoms with E-state index in [2.05, 4.69) is 0 Å². The van der Waals surface area contributed by atoms with Crippen molar-refractivity contribution in [2.75, 3.05) is 0 Å². The molecule has 9 heavy (non-hydrogen) atoms. The quantitative estimate of drug-likeness (QED) is 0.410. The van der Waals surface area contributed by atoms with Gasteiger partial charge in [-0.1, -0.05) is 11.7 Å². The van der Waals surface area contributed by atoms with E-state index in [1.807, 2.05) is 0 Å². The van der Waals surface area contributed by atoms with Crippen molar-refractivity contribution in [2.24, 2.45) is 0 Å². The Bertz CT molecular complexity index is 128. The number of rotatable bonds is 0. The highest BCUT2D eigenvalue weighted by Gasteiger charge is 2.34. The molecule has 0 aromatic heterocycles. The number of hydrogen-bond donors (Lipinski definition) is 0. The minimum Gasteiger partial charge on any atom is -0.299 e. The maximum absolute atomic E-state index is 10.8. The van der Waals surface area contributed by atoms with Gasteiger partial charge in [0.2, 0.25) is 0 Å². The van der Waals surface area contributed by atoms with Crippen molar-refractivity contribution < 1.29 is 4.79 Å². The van der Waals surface area contributed by atoms with Gasteiger partial charge in [0.25, 0.3) is 0 Å². The molecule has 1 nitrogen and oxygen atoms in total. The van der Waals surface area contributed by atoms with Crippen molar-refractivity contribution in [2.45, 2.75) is 22.4 Å². The lowest BCUT2D eigenvalue weighted by molar-refractivity contribution is -0.117. The first-order chi connectivity index (χ1) is 4.22. The third kappa shape index (κ3) is 1.85. The van der Waals surface area contributed by atoms with Crippen LogP contribution in [0.1, 0.15) is 12.8 Å². The van der Waals surface area contributed by atoms with Crippen molar-refractivity contribution in [3.63, 3.8) is 0 Å². The van der Waals surface area contributed by atoms with Gasteiger partial charge in [-0.05, 0) is 0 Å². The largest absolute Gasteiger partial charge is 0.429 e. The van der Waals surface area contributed by atoms with Crippen molar-refractivity contribution in [1.82, 2.24) is 0 Å². The van der Waals surface area contributed by atoms with Crippen molar-refractivity contribution in [3.05, 3.63) is 0 Å². The van der Waals surface area contributed by atoms with Crippen molar-refractivity contribution in [3.8, 4) is 0 Å². The molecule has 0 aliphatic carbocycles. The van der Waals surface area contributed by atoms with Gasteiger partial charge >= 0.3 is 13.2 Å². The van der Waals surface area contributed by atoms with Crippen LogP contribution in [0.25, 0.3) is 0 Å². The predicted octanol–water partition coefficient (Wildman–Crippen LogP) is 1.73. The number of Topliss-reactive ketones (excluding diaryl/α,β-unsaturated/α-hetero) is 1. The van der Waals surface area contributed by atoms with E-state index in [4.69, 9.17) is 21.7 Å². The van der Waals surface area contributed by atoms with Gasteiger partial charge in [-0.25, -0.2) is 0 Å². The Morgan fingerprint density at radius 2 is 2.33 bits per heavy atom. The fourth-order valence-electron chi connectivity index (χ4n) is 0.957. The number of carbonyl (C=O) groups excluding carboxylic acids is 1. The van der Waals surface area contributed by atoms with Gasteiger partial charge in [0.15, 0.2) is 0 Å². The summed E-state index contributed by atoms with van der Waals surface area (Å²) in [6, 6.07) is 0. The molecule has 0 radical (unpaired) electrons. The smallest absolute Gasteiger partial charge is 0.299 e. The van der Waals surface area contributed by atoms with Crippen LogP contribution in [0.2, 0.25) is 5.28 Å². The third-order valence-electron chi connectivity index (χ3n) is 1.53. The average Bonchev–Trinajstić information content (AvgIpc) is 1.83. The molecule has 0 aromatic rings. The molecule has 4 heteroatoms. The van der Waals surface area contributed by atoms with E-state index >= 15 is 0 Å². The van der Waals surface area contributed by atoms with Crippen LogP contribution < -0.4 is 0 Å². The standard InChI is InChI=1S/C5H7ClO.Al.ClH/c1-2-3-5(7)4-6;;/h4H,1-3H2;;1H/q;+1;/p-1. The zero-order valence-corrected chi connectivity index (χ0v) is 7.61. The molecule has 1 fully saturated rings. The van der Waals surface area contributed by atoms with Gasteiger partial charge < -0.3 is 0 Å². The summed E-state index contributed by atoms with van der Waals surface area (Å²) in [6.07, 6.45) is 1.60. The second-order valence-electron chi connectivity index (χ2n) is 2.28. The molecule has 0 spiro atoms. The SMILES string of the molecule is O=C1CC[CH2][Al]([Cl])[CH]1Cl. The summed E-state index contributed by atoms with van der Waals surface area (Å²) in [6.45, 7) is 0. The van der Waals surface area contributed by atoms with Crippen LogP contribution in [0.3, 0.4) is 0 Å². The fourth-order valence-corrected chi connectivity index (χ4v) is 3.79. The van der Waals surface area contributed by atoms with E-state index in [1.165, 1.54) is 0 Å². The van der Waals surface area contributed by atoms with Crippen LogP contribution in [0, 0.1) is 0 Å². The van der Waals surface area contributed by atoms with Crippen LogP contribution >= 0.6 is 21.7 Å². The van der Waals surface area contributed by atoms with Gasteiger partial charge in [-0.15, -0.1) is 11.6 Å². The minimum absolute atomic E-state index is 0.162. The third-order valence-corrected chi connectivity index (χ3v) is 6.45. The number of hydrogen-bond acceptors (Lipinski definition) is 1. The maximum Gasteiger partial charge on any atom is 0.429 e. The zero-order valence-electron chi connectivity index (χ0n) is 4.94. The molecule has 0 amide bonds. The first-order valence-corrected chi connectivity index (χ1v) is 6.69. The van der Waals surface area contributed by atoms with Crippen LogP contribution in [-0.4, -0.2) is 23.2 Å². The first-order valence-electron chi connectivity index (χ1n) is 3.02. The van der Waals surface area contributed by atoms with Crippen LogP contribution in [0.15, 0.2) is 0 Å². The number of carbonyl (C=O) groups is 1. The Morgan fingerprint density at radius 3 is 2.78 bits per heavy atom. The van der Waals surface area contributed by atoms with E-state index in [-0.39, 0.29) is 10.0 Å². The molecule has 1 unspecified atom stereocenters. The fraction of sp³-hybridized carbons (Fsp3) is 0.800. The summed E-state index contributed by atoms with van der Waals surface area (Å²) in [4.78, 5) is 10.8. The zero-order chi connectivity index (χ0) is 6.85. The van der Waals surface area contributed by atoms with Crippen molar-refractivity contribution >= 4 is 40.7 Å². The lowest BCUT2D eigenvalue weighted by atomic mass is 10.2. The number of halogens is 2. The van der Waals surface area contributed by atoms with Crippen LogP contribution in [0.5, 0.6) is 0 Å². The molecule has 1 heterocycles. The Labute approximate surface area is 67.9 Å². The molecule has 1 aliphatic heterocycles. The molecular formula is C5H7AlCl2O. The topological polar surface area (TPSA) is 17.1 Å². The van der Waals surface area contributed by atoms with Gasteiger partial charge in [0.1, 0.15) is 5.78 Å². The molecule has 50 valence electrons. The van der Waals surface area contributed by atoms with Gasteiger partial charge in [0, 0.05) is 6.42 Å². The highest BCUT2D eigenvalue weighted by molar-refractivity contribution is 7.12. The maximum atomic E-state index is 10.8. The Balaban J connectivity index is 2.51. The van der Waals surface area contributed by atoms with Gasteiger partial charge in [-0.3, -0.25) is 14.8 Å². The first kappa shape index (κ1) is 7.88. The molecule has 0 N–H and O–H groups in total. The summed E-state index contributed by atoms with van der Waals surface area (Å²) in [5.41, 5.74) is 0. The highest BCUT2D eigenvalue weighted by atomic mass is 35.6. The van der Waals surface area contributed by atoms with E-state index in [0.717, 1.165) is 11.7 Å². The predicted molar refractivity (Wildman–Crippen MR) is 40.3 cm³/mol. The molecule has 0 saturated carbocycles. The Morgan fingerprint density at radius 1 is 1.67 bits per heavy atom. The molecule has 1 rings (SSSR count). The molecule has 0 aromatic carbocycles. The summed E-state index contributed by atoms with van der Waals surface area (Å²) in [7, 11) is 5.85. The second kappa shape index (κ2) is 3.26. The van der Waals surface area contributed by atoms with Crippen LogP contribution in [0.4, 0.5) is 0 Å².